The van der Waals surface area contributed by atoms with Gasteiger partial charge in [0, 0.05) is 19.3 Å². The number of hydrogen-bond acceptors (Lipinski definition) is 6. The monoisotopic (exact) mass is 410 g/mol. The number of nitrogens with one attached hydrogen (secondary N) is 1. The van der Waals surface area contributed by atoms with Gasteiger partial charge < -0.3 is 14.9 Å². The van der Waals surface area contributed by atoms with Gasteiger partial charge in [0.1, 0.15) is 12.6 Å². The summed E-state index contributed by atoms with van der Waals surface area (Å²) in [5, 5.41) is 2.93. The van der Waals surface area contributed by atoms with Gasteiger partial charge in [-0.2, -0.15) is 0 Å². The Hall–Kier alpha value is -3.68. The summed E-state index contributed by atoms with van der Waals surface area (Å²) in [7, 11) is 0. The Kier molecular flexibility index (Phi) is 6.79. The van der Waals surface area contributed by atoms with Gasteiger partial charge >= 0.3 is 12.1 Å². The van der Waals surface area contributed by atoms with Crippen molar-refractivity contribution in [3.63, 3.8) is 0 Å². The zero-order chi connectivity index (χ0) is 21.5. The highest BCUT2D eigenvalue weighted by atomic mass is 16.7. The van der Waals surface area contributed by atoms with Gasteiger partial charge in [-0.25, -0.2) is 9.59 Å². The summed E-state index contributed by atoms with van der Waals surface area (Å²) in [5.41, 5.74) is 2.60. The Balaban J connectivity index is 1.67. The minimum Gasteiger partial charge on any atom is -0.445 e. The van der Waals surface area contributed by atoms with Gasteiger partial charge in [0.25, 0.3) is 11.8 Å². The average molecular weight is 410 g/mol. The number of amides is 3. The second-order valence-corrected chi connectivity index (χ2v) is 6.94. The Morgan fingerprint density at radius 3 is 2.23 bits per heavy atom. The number of imide groups is 1. The van der Waals surface area contributed by atoms with Gasteiger partial charge in [0.05, 0.1) is 0 Å². The lowest BCUT2D eigenvalue weighted by Gasteiger charge is -2.20. The minimum absolute atomic E-state index is 0.0126. The zero-order valence-corrected chi connectivity index (χ0v) is 16.5. The predicted molar refractivity (Wildman–Crippen MR) is 106 cm³/mol. The molecule has 0 radical (unpaired) electrons. The van der Waals surface area contributed by atoms with E-state index in [0.717, 1.165) is 16.7 Å². The molecule has 1 heterocycles. The number of hydrogen-bond donors (Lipinski definition) is 1. The van der Waals surface area contributed by atoms with E-state index < -0.39 is 29.9 Å². The number of carbonyl (C=O) groups is 4. The third kappa shape index (κ3) is 5.66. The van der Waals surface area contributed by atoms with E-state index >= 15 is 0 Å². The highest BCUT2D eigenvalue weighted by Gasteiger charge is 2.35. The normalized spacial score (nSPS) is 14.4. The number of hydroxylamine groups is 2. The highest BCUT2D eigenvalue weighted by molar-refractivity contribution is 6.01. The molecule has 0 bridgehead atoms. The zero-order valence-electron chi connectivity index (χ0n) is 16.5. The van der Waals surface area contributed by atoms with Crippen LogP contribution in [-0.2, 0) is 37.0 Å². The van der Waals surface area contributed by atoms with Crippen molar-refractivity contribution in [2.45, 2.75) is 38.8 Å². The van der Waals surface area contributed by atoms with Crippen molar-refractivity contribution in [3.8, 4) is 0 Å². The molecule has 0 spiro atoms. The average Bonchev–Trinajstić information content (AvgIpc) is 3.06. The molecule has 0 saturated carbocycles. The van der Waals surface area contributed by atoms with E-state index in [1.54, 1.807) is 12.1 Å². The molecule has 1 N–H and O–H groups in total. The summed E-state index contributed by atoms with van der Waals surface area (Å²) >= 11 is 0. The van der Waals surface area contributed by atoms with Crippen LogP contribution in [0, 0.1) is 6.92 Å². The number of aryl methyl sites for hydroxylation is 1. The van der Waals surface area contributed by atoms with E-state index in [2.05, 4.69) is 5.32 Å². The van der Waals surface area contributed by atoms with E-state index in [4.69, 9.17) is 9.57 Å². The molecule has 8 nitrogen and oxygen atoms in total. The van der Waals surface area contributed by atoms with Gasteiger partial charge in [0.2, 0.25) is 0 Å². The second kappa shape index (κ2) is 9.69. The highest BCUT2D eigenvalue weighted by Crippen LogP contribution is 2.14. The van der Waals surface area contributed by atoms with Gasteiger partial charge in [-0.05, 0) is 18.1 Å². The quantitative estimate of drug-likeness (QED) is 0.704. The van der Waals surface area contributed by atoms with E-state index in [1.165, 1.54) is 0 Å². The van der Waals surface area contributed by atoms with Crippen molar-refractivity contribution in [1.82, 2.24) is 10.4 Å². The number of benzene rings is 2. The Morgan fingerprint density at radius 1 is 0.967 bits per heavy atom. The van der Waals surface area contributed by atoms with Crippen molar-refractivity contribution >= 4 is 23.9 Å². The molecule has 2 aromatic carbocycles. The molecule has 0 aromatic heterocycles. The summed E-state index contributed by atoms with van der Waals surface area (Å²) in [6, 6.07) is 15.3. The number of rotatable bonds is 7. The number of nitrogens with zero attached hydrogens (tertiary/aromatic N) is 1. The summed E-state index contributed by atoms with van der Waals surface area (Å²) in [6.07, 6.45) is -0.731. The maximum absolute atomic E-state index is 12.6. The summed E-state index contributed by atoms with van der Waals surface area (Å²) in [5.74, 6) is -2.10. The fraction of sp³-hybridized carbons (Fsp3) is 0.273. The van der Waals surface area contributed by atoms with Crippen molar-refractivity contribution in [1.29, 1.82) is 0 Å². The topological polar surface area (TPSA) is 102 Å². The van der Waals surface area contributed by atoms with E-state index in [9.17, 15) is 19.2 Å². The van der Waals surface area contributed by atoms with Crippen molar-refractivity contribution in [2.75, 3.05) is 0 Å². The van der Waals surface area contributed by atoms with Gasteiger partial charge in [-0.1, -0.05) is 60.2 Å². The lowest BCUT2D eigenvalue weighted by molar-refractivity contribution is -0.198. The maximum Gasteiger partial charge on any atom is 0.408 e. The van der Waals surface area contributed by atoms with Crippen LogP contribution >= 0.6 is 0 Å². The van der Waals surface area contributed by atoms with Crippen LogP contribution in [0.2, 0.25) is 0 Å². The third-order valence-electron chi connectivity index (χ3n) is 4.54. The number of alkyl carbamates (subject to hydrolysis) is 1. The van der Waals surface area contributed by atoms with Crippen LogP contribution in [0.5, 0.6) is 0 Å². The first kappa shape index (κ1) is 21.0. The third-order valence-corrected chi connectivity index (χ3v) is 4.54. The van der Waals surface area contributed by atoms with Gasteiger partial charge in [-0.15, -0.1) is 5.06 Å². The number of carbonyl (C=O) groups excluding carboxylic acids is 4. The van der Waals surface area contributed by atoms with Crippen LogP contribution in [0.1, 0.15) is 29.5 Å². The molecular formula is C22H22N2O6. The van der Waals surface area contributed by atoms with Crippen LogP contribution in [0.4, 0.5) is 4.79 Å². The smallest absolute Gasteiger partial charge is 0.408 e. The fourth-order valence-corrected chi connectivity index (χ4v) is 2.87. The molecule has 156 valence electrons. The first-order valence-corrected chi connectivity index (χ1v) is 9.53. The Bertz CT molecular complexity index is 910. The van der Waals surface area contributed by atoms with Crippen molar-refractivity contribution in [2.24, 2.45) is 0 Å². The van der Waals surface area contributed by atoms with Crippen LogP contribution < -0.4 is 5.32 Å². The van der Waals surface area contributed by atoms with Crippen LogP contribution in [0.15, 0.2) is 54.6 Å². The molecule has 1 aliphatic heterocycles. The molecule has 0 aliphatic carbocycles. The second-order valence-electron chi connectivity index (χ2n) is 6.94. The van der Waals surface area contributed by atoms with Gasteiger partial charge in [-0.3, -0.25) is 9.59 Å². The fourth-order valence-electron chi connectivity index (χ4n) is 2.87. The van der Waals surface area contributed by atoms with E-state index in [1.807, 2.05) is 49.4 Å². The Morgan fingerprint density at radius 2 is 1.60 bits per heavy atom. The number of ether oxygens (including phenoxy) is 1. The van der Waals surface area contributed by atoms with Crippen LogP contribution in [-0.4, -0.2) is 35.0 Å². The van der Waals surface area contributed by atoms with Crippen molar-refractivity contribution < 1.29 is 28.8 Å². The Labute approximate surface area is 173 Å². The summed E-state index contributed by atoms with van der Waals surface area (Å²) in [6.45, 7) is 1.96. The SMILES string of the molecule is Cc1ccc(CC(NC(=O)OCc2ccccc2)C(=O)ON2C(=O)CCC2=O)cc1. The molecule has 1 fully saturated rings. The van der Waals surface area contributed by atoms with Crippen molar-refractivity contribution in [3.05, 3.63) is 71.3 Å². The first-order chi connectivity index (χ1) is 14.4. The maximum atomic E-state index is 12.6. The summed E-state index contributed by atoms with van der Waals surface area (Å²) in [4.78, 5) is 53.3. The minimum atomic E-state index is -1.14. The largest absolute Gasteiger partial charge is 0.445 e. The molecule has 1 saturated heterocycles. The molecule has 30 heavy (non-hydrogen) atoms. The standard InChI is InChI=1S/C22H22N2O6/c1-15-7-9-16(10-8-15)13-18(21(27)30-24-19(25)11-12-20(24)26)23-22(28)29-14-17-5-3-2-4-6-17/h2-10,18H,11-14H2,1H3,(H,23,28). The predicted octanol–water partition coefficient (Wildman–Crippen LogP) is 2.44. The lowest BCUT2D eigenvalue weighted by Crippen LogP contribution is -2.46. The van der Waals surface area contributed by atoms with E-state index in [0.29, 0.717) is 5.06 Å². The molecule has 3 rings (SSSR count). The van der Waals surface area contributed by atoms with Crippen LogP contribution in [0.25, 0.3) is 0 Å². The molecule has 1 aliphatic rings. The molecule has 1 atom stereocenters. The molecular weight excluding hydrogens is 388 g/mol. The van der Waals surface area contributed by atoms with E-state index in [-0.39, 0.29) is 25.9 Å². The summed E-state index contributed by atoms with van der Waals surface area (Å²) < 4.78 is 5.17. The molecule has 2 aromatic rings. The van der Waals surface area contributed by atoms with Crippen LogP contribution in [0.3, 0.4) is 0 Å². The lowest BCUT2D eigenvalue weighted by atomic mass is 10.0. The molecule has 8 heteroatoms. The molecule has 1 unspecified atom stereocenters. The first-order valence-electron chi connectivity index (χ1n) is 9.53. The van der Waals surface area contributed by atoms with Gasteiger partial charge in [0.15, 0.2) is 0 Å². The molecule has 3 amide bonds.